The molecule has 51 heavy (non-hydrogen) atoms. The second-order valence-electron chi connectivity index (χ2n) is 15.6. The zero-order chi connectivity index (χ0) is 35.9. The van der Waals surface area contributed by atoms with Gasteiger partial charge in [0.25, 0.3) is 11.5 Å². The van der Waals surface area contributed by atoms with Crippen LogP contribution in [0.2, 0.25) is 0 Å². The molecule has 1 saturated carbocycles. The summed E-state index contributed by atoms with van der Waals surface area (Å²) in [6, 6.07) is 13.6. The molecule has 0 radical (unpaired) electrons. The van der Waals surface area contributed by atoms with E-state index in [9.17, 15) is 19.2 Å². The smallest absolute Gasteiger partial charge is 0.271 e. The van der Waals surface area contributed by atoms with Crippen LogP contribution < -0.4 is 16.2 Å². The highest BCUT2D eigenvalue weighted by atomic mass is 19.1. The maximum Gasteiger partial charge on any atom is 0.271 e. The van der Waals surface area contributed by atoms with Gasteiger partial charge in [-0.05, 0) is 112 Å². The Balaban J connectivity index is 0.911. The molecule has 1 aliphatic carbocycles. The number of amides is 3. The fraction of sp³-hybridized carbons (Fsp3) is 0.525. The van der Waals surface area contributed by atoms with Gasteiger partial charge in [0.05, 0.1) is 17.8 Å². The molecule has 0 bridgehead atoms. The van der Waals surface area contributed by atoms with Crippen molar-refractivity contribution in [2.75, 3.05) is 38.5 Å². The topological polar surface area (TPSA) is 117 Å². The van der Waals surface area contributed by atoms with Crippen molar-refractivity contribution in [3.8, 4) is 0 Å². The lowest BCUT2D eigenvalue weighted by Gasteiger charge is -2.46. The molecule has 3 amide bonds. The summed E-state index contributed by atoms with van der Waals surface area (Å²) in [5.41, 5.74) is 4.87. The van der Waals surface area contributed by atoms with E-state index >= 15 is 4.39 Å². The van der Waals surface area contributed by atoms with Crippen molar-refractivity contribution in [2.24, 2.45) is 12.5 Å². The van der Waals surface area contributed by atoms with Crippen LogP contribution in [0.1, 0.15) is 108 Å². The van der Waals surface area contributed by atoms with Gasteiger partial charge in [0.1, 0.15) is 5.82 Å². The second kappa shape index (κ2) is 14.3. The minimum absolute atomic E-state index is 0.0885. The Labute approximate surface area is 298 Å². The van der Waals surface area contributed by atoms with Gasteiger partial charge in [-0.3, -0.25) is 24.5 Å². The van der Waals surface area contributed by atoms with Crippen molar-refractivity contribution in [3.63, 3.8) is 0 Å². The Morgan fingerprint density at radius 2 is 1.63 bits per heavy atom. The molecule has 2 N–H and O–H groups in total. The van der Waals surface area contributed by atoms with Crippen LogP contribution in [0.3, 0.4) is 0 Å². The Morgan fingerprint density at radius 3 is 2.31 bits per heavy atom. The SMILES string of the molecule is Cc1c(N[C@@H]2C[C@H](c3ccc(C(=O)N4CCC5(CCC(c6ccc(C7CCC(=O)NC7=O)c(F)c6)CC5)CC4)cc3)CN(C)C2)cnn(C)c1=O. The number of carbonyl (C=O) groups excluding carboxylic acids is 3. The van der Waals surface area contributed by atoms with Crippen molar-refractivity contribution in [2.45, 2.75) is 88.5 Å². The van der Waals surface area contributed by atoms with Crippen molar-refractivity contribution < 1.29 is 18.8 Å². The predicted octanol–water partition coefficient (Wildman–Crippen LogP) is 5.23. The van der Waals surface area contributed by atoms with E-state index in [1.807, 2.05) is 30.0 Å². The molecular formula is C40H49FN6O4. The number of nitrogens with zero attached hydrogens (tertiary/aromatic N) is 4. The number of nitrogens with one attached hydrogen (secondary N) is 2. The standard InChI is InChI=1S/C40H49FN6O4/c1-25-35(22-42-46(3)38(25)50)43-31-20-30(23-45(2)24-31)26-4-6-28(7-5-26)39(51)47-18-16-40(17-19-47)14-12-27(13-15-40)29-8-9-32(34(41)21-29)33-10-11-36(48)44-37(33)49/h4-9,21-22,27,30-31,33,43H,10-20,23-24H2,1-3H3,(H,44,48,49)/t30-,31+,33?/m0/s1. The Morgan fingerprint density at radius 1 is 0.922 bits per heavy atom. The normalized spacial score (nSPS) is 24.4. The number of aryl methyl sites for hydroxylation is 1. The molecule has 11 heteroatoms. The summed E-state index contributed by atoms with van der Waals surface area (Å²) in [5, 5.41) is 10.1. The number of benzene rings is 2. The number of anilines is 1. The highest BCUT2D eigenvalue weighted by Gasteiger charge is 2.40. The first-order chi connectivity index (χ1) is 24.5. The number of halogens is 1. The second-order valence-corrected chi connectivity index (χ2v) is 15.6. The molecule has 3 aliphatic heterocycles. The first kappa shape index (κ1) is 35.0. The fourth-order valence-electron chi connectivity index (χ4n) is 9.08. The van der Waals surface area contributed by atoms with Crippen LogP contribution in [0, 0.1) is 18.2 Å². The lowest BCUT2D eigenvalue weighted by atomic mass is 9.64. The van der Waals surface area contributed by atoms with E-state index in [2.05, 4.69) is 39.8 Å². The highest BCUT2D eigenvalue weighted by molar-refractivity contribution is 6.01. The first-order valence-electron chi connectivity index (χ1n) is 18.5. The lowest BCUT2D eigenvalue weighted by Crippen LogP contribution is -2.44. The van der Waals surface area contributed by atoms with E-state index in [-0.39, 0.29) is 47.0 Å². The number of hydrogen-bond acceptors (Lipinski definition) is 7. The maximum absolute atomic E-state index is 15.2. The number of likely N-dealkylation sites (N-methyl/N-ethyl adjacent to an activating group) is 1. The minimum atomic E-state index is -0.617. The number of rotatable bonds is 6. The summed E-state index contributed by atoms with van der Waals surface area (Å²) >= 11 is 0. The van der Waals surface area contributed by atoms with E-state index in [0.717, 1.165) is 87.9 Å². The summed E-state index contributed by atoms with van der Waals surface area (Å²) in [6.07, 6.45) is 9.28. The van der Waals surface area contributed by atoms with E-state index in [1.54, 1.807) is 25.4 Å². The molecule has 3 atom stereocenters. The van der Waals surface area contributed by atoms with E-state index in [4.69, 9.17) is 0 Å². The van der Waals surface area contributed by atoms with Gasteiger partial charge in [-0.2, -0.15) is 5.10 Å². The third-order valence-corrected chi connectivity index (χ3v) is 12.3. The Hall–Kier alpha value is -4.38. The van der Waals surface area contributed by atoms with Crippen molar-refractivity contribution in [1.82, 2.24) is 24.9 Å². The summed E-state index contributed by atoms with van der Waals surface area (Å²) in [5.74, 6) is -1.02. The van der Waals surface area contributed by atoms with Crippen molar-refractivity contribution in [1.29, 1.82) is 0 Å². The van der Waals surface area contributed by atoms with E-state index in [0.29, 0.717) is 23.5 Å². The molecule has 270 valence electrons. The number of aromatic nitrogens is 2. The Kier molecular flexibility index (Phi) is 9.84. The maximum atomic E-state index is 15.2. The molecule has 4 heterocycles. The highest BCUT2D eigenvalue weighted by Crippen LogP contribution is 2.49. The largest absolute Gasteiger partial charge is 0.379 e. The molecule has 4 aliphatic rings. The van der Waals surface area contributed by atoms with Crippen LogP contribution >= 0.6 is 0 Å². The number of carbonyl (C=O) groups is 3. The van der Waals surface area contributed by atoms with Gasteiger partial charge in [0, 0.05) is 62.4 Å². The quantitative estimate of drug-likeness (QED) is 0.340. The number of piperidine rings is 3. The van der Waals surface area contributed by atoms with Crippen LogP contribution in [0.25, 0.3) is 0 Å². The van der Waals surface area contributed by atoms with Gasteiger partial charge in [0.15, 0.2) is 0 Å². The van der Waals surface area contributed by atoms with Gasteiger partial charge in [-0.1, -0.05) is 24.3 Å². The number of likely N-dealkylation sites (tertiary alicyclic amines) is 2. The third kappa shape index (κ3) is 7.36. The molecule has 4 fully saturated rings. The van der Waals surface area contributed by atoms with Gasteiger partial charge in [-0.15, -0.1) is 0 Å². The van der Waals surface area contributed by atoms with Crippen LogP contribution in [0.4, 0.5) is 10.1 Å². The number of imide groups is 1. The zero-order valence-corrected chi connectivity index (χ0v) is 29.9. The number of hydrogen-bond donors (Lipinski definition) is 2. The van der Waals surface area contributed by atoms with E-state index in [1.165, 1.54) is 10.2 Å². The van der Waals surface area contributed by atoms with Crippen LogP contribution in [0.5, 0.6) is 0 Å². The first-order valence-corrected chi connectivity index (χ1v) is 18.5. The molecular weight excluding hydrogens is 647 g/mol. The summed E-state index contributed by atoms with van der Waals surface area (Å²) < 4.78 is 16.6. The molecule has 1 unspecified atom stereocenters. The van der Waals surface area contributed by atoms with Gasteiger partial charge < -0.3 is 15.1 Å². The molecule has 10 nitrogen and oxygen atoms in total. The molecule has 3 aromatic rings. The average Bonchev–Trinajstić information content (AvgIpc) is 3.12. The van der Waals surface area contributed by atoms with Crippen LogP contribution in [-0.2, 0) is 16.6 Å². The van der Waals surface area contributed by atoms with Crippen LogP contribution in [-0.4, -0.2) is 76.6 Å². The molecule has 3 saturated heterocycles. The zero-order valence-electron chi connectivity index (χ0n) is 29.9. The molecule has 1 spiro atoms. The molecule has 1 aromatic heterocycles. The third-order valence-electron chi connectivity index (χ3n) is 12.3. The predicted molar refractivity (Wildman–Crippen MR) is 193 cm³/mol. The summed E-state index contributed by atoms with van der Waals surface area (Å²) in [7, 11) is 3.78. The van der Waals surface area contributed by atoms with Gasteiger partial charge in [0.2, 0.25) is 11.8 Å². The molecule has 2 aromatic carbocycles. The van der Waals surface area contributed by atoms with Gasteiger partial charge in [-0.25, -0.2) is 9.07 Å². The van der Waals surface area contributed by atoms with Gasteiger partial charge >= 0.3 is 0 Å². The average molecular weight is 697 g/mol. The summed E-state index contributed by atoms with van der Waals surface area (Å²) in [6.45, 7) is 5.13. The Bertz CT molecular complexity index is 1860. The van der Waals surface area contributed by atoms with Crippen molar-refractivity contribution in [3.05, 3.63) is 92.6 Å². The molecule has 7 rings (SSSR count). The van der Waals surface area contributed by atoms with Crippen LogP contribution in [0.15, 0.2) is 53.5 Å². The summed E-state index contributed by atoms with van der Waals surface area (Å²) in [4.78, 5) is 54.1. The lowest BCUT2D eigenvalue weighted by molar-refractivity contribution is -0.134. The van der Waals surface area contributed by atoms with Crippen molar-refractivity contribution >= 4 is 23.4 Å². The minimum Gasteiger partial charge on any atom is -0.379 e. The van der Waals surface area contributed by atoms with E-state index < -0.39 is 11.8 Å². The monoisotopic (exact) mass is 696 g/mol. The fourth-order valence-corrected chi connectivity index (χ4v) is 9.08.